The fraction of sp³-hybridized carbons (Fsp3) is 0.125. The summed E-state index contributed by atoms with van der Waals surface area (Å²) in [5.41, 5.74) is 3.37. The van der Waals surface area contributed by atoms with Gasteiger partial charge in [-0.05, 0) is 54.1 Å². The first-order valence-corrected chi connectivity index (χ1v) is 9.60. The van der Waals surface area contributed by atoms with E-state index in [2.05, 4.69) is 15.3 Å². The van der Waals surface area contributed by atoms with Crippen molar-refractivity contribution in [2.75, 3.05) is 24.4 Å². The van der Waals surface area contributed by atoms with Crippen LogP contribution < -0.4 is 15.0 Å². The second kappa shape index (κ2) is 8.61. The number of rotatable bonds is 6. The topological polar surface area (TPSA) is 67.3 Å². The van der Waals surface area contributed by atoms with Crippen LogP contribution in [0, 0.1) is 0 Å². The van der Waals surface area contributed by atoms with Gasteiger partial charge in [-0.3, -0.25) is 4.79 Å². The molecule has 0 bridgehead atoms. The van der Waals surface area contributed by atoms with Crippen molar-refractivity contribution in [3.63, 3.8) is 0 Å². The number of benzene rings is 3. The van der Waals surface area contributed by atoms with Crippen molar-refractivity contribution in [1.82, 2.24) is 9.97 Å². The number of aromatic nitrogens is 2. The lowest BCUT2D eigenvalue weighted by molar-refractivity contribution is 0.0993. The van der Waals surface area contributed by atoms with E-state index in [0.29, 0.717) is 12.1 Å². The molecule has 6 nitrogen and oxygen atoms in total. The molecule has 0 aliphatic rings. The van der Waals surface area contributed by atoms with Crippen LogP contribution in [0.3, 0.4) is 0 Å². The number of methoxy groups -OCH3 is 1. The molecule has 0 spiro atoms. The van der Waals surface area contributed by atoms with Crippen LogP contribution in [-0.2, 0) is 6.54 Å². The number of carbonyl (C=O) groups is 1. The lowest BCUT2D eigenvalue weighted by Gasteiger charge is -2.19. The average Bonchev–Trinajstić information content (AvgIpc) is 2.82. The highest BCUT2D eigenvalue weighted by Crippen LogP contribution is 2.22. The number of amides is 1. The Bertz CT molecular complexity index is 1170. The van der Waals surface area contributed by atoms with Crippen molar-refractivity contribution in [3.05, 3.63) is 90.3 Å². The first kappa shape index (κ1) is 19.4. The Labute approximate surface area is 175 Å². The molecule has 0 atom stereocenters. The summed E-state index contributed by atoms with van der Waals surface area (Å²) in [5, 5.41) is 4.35. The highest BCUT2D eigenvalue weighted by Gasteiger charge is 2.14. The molecule has 0 aliphatic heterocycles. The van der Waals surface area contributed by atoms with E-state index < -0.39 is 0 Å². The summed E-state index contributed by atoms with van der Waals surface area (Å²) in [7, 11) is 3.38. The van der Waals surface area contributed by atoms with Gasteiger partial charge in [0.2, 0.25) is 0 Å². The molecule has 0 radical (unpaired) electrons. The van der Waals surface area contributed by atoms with Crippen LogP contribution in [0.25, 0.3) is 10.9 Å². The van der Waals surface area contributed by atoms with Gasteiger partial charge in [0, 0.05) is 30.2 Å². The van der Waals surface area contributed by atoms with E-state index in [1.54, 1.807) is 49.7 Å². The molecule has 0 unspecified atom stereocenters. The summed E-state index contributed by atoms with van der Waals surface area (Å²) in [4.78, 5) is 23.1. The predicted molar refractivity (Wildman–Crippen MR) is 119 cm³/mol. The van der Waals surface area contributed by atoms with Gasteiger partial charge in [-0.1, -0.05) is 24.3 Å². The van der Waals surface area contributed by atoms with Crippen LogP contribution in [0.4, 0.5) is 11.5 Å². The van der Waals surface area contributed by atoms with E-state index >= 15 is 0 Å². The number of anilines is 2. The van der Waals surface area contributed by atoms with Crippen LogP contribution in [0.5, 0.6) is 5.75 Å². The molecule has 0 saturated heterocycles. The van der Waals surface area contributed by atoms with E-state index in [0.717, 1.165) is 33.7 Å². The molecule has 4 rings (SSSR count). The Morgan fingerprint density at radius 3 is 2.60 bits per heavy atom. The molecule has 1 heterocycles. The SMILES string of the molecule is COc1ccc(C(=O)N(C)c2cccc(CNc3ncnc4ccccc34)c2)cc1. The lowest BCUT2D eigenvalue weighted by Crippen LogP contribution is -2.26. The molecular weight excluding hydrogens is 376 g/mol. The van der Waals surface area contributed by atoms with E-state index in [1.807, 2.05) is 48.5 Å². The van der Waals surface area contributed by atoms with Gasteiger partial charge < -0.3 is 15.0 Å². The molecular formula is C24H22N4O2. The van der Waals surface area contributed by atoms with Gasteiger partial charge >= 0.3 is 0 Å². The van der Waals surface area contributed by atoms with Crippen molar-refractivity contribution >= 4 is 28.3 Å². The van der Waals surface area contributed by atoms with Crippen LogP contribution in [0.2, 0.25) is 0 Å². The van der Waals surface area contributed by atoms with Gasteiger partial charge in [-0.2, -0.15) is 0 Å². The molecule has 150 valence electrons. The summed E-state index contributed by atoms with van der Waals surface area (Å²) in [6, 6.07) is 22.9. The Kier molecular flexibility index (Phi) is 5.57. The minimum atomic E-state index is -0.0791. The van der Waals surface area contributed by atoms with Crippen molar-refractivity contribution < 1.29 is 9.53 Å². The summed E-state index contributed by atoms with van der Waals surface area (Å²) in [6.07, 6.45) is 1.56. The smallest absolute Gasteiger partial charge is 0.258 e. The van der Waals surface area contributed by atoms with E-state index in [9.17, 15) is 4.79 Å². The van der Waals surface area contributed by atoms with E-state index in [4.69, 9.17) is 4.74 Å². The van der Waals surface area contributed by atoms with Gasteiger partial charge in [-0.15, -0.1) is 0 Å². The van der Waals surface area contributed by atoms with Gasteiger partial charge in [0.05, 0.1) is 12.6 Å². The molecule has 0 aliphatic carbocycles. The van der Waals surface area contributed by atoms with Crippen molar-refractivity contribution in [3.8, 4) is 5.75 Å². The van der Waals surface area contributed by atoms with Crippen LogP contribution in [-0.4, -0.2) is 30.0 Å². The zero-order valence-electron chi connectivity index (χ0n) is 16.9. The van der Waals surface area contributed by atoms with Crippen molar-refractivity contribution in [1.29, 1.82) is 0 Å². The standard InChI is InChI=1S/C24H22N4O2/c1-28(24(29)18-10-12-20(30-2)13-11-18)19-7-5-6-17(14-19)15-25-23-21-8-3-4-9-22(21)26-16-27-23/h3-14,16H,15H2,1-2H3,(H,25,26,27). The quantitative estimate of drug-likeness (QED) is 0.517. The highest BCUT2D eigenvalue weighted by atomic mass is 16.5. The second-order valence-corrected chi connectivity index (χ2v) is 6.86. The third-order valence-corrected chi connectivity index (χ3v) is 4.94. The van der Waals surface area contributed by atoms with Crippen molar-refractivity contribution in [2.24, 2.45) is 0 Å². The maximum Gasteiger partial charge on any atom is 0.258 e. The maximum absolute atomic E-state index is 12.8. The third kappa shape index (κ3) is 4.07. The zero-order valence-corrected chi connectivity index (χ0v) is 16.9. The number of hydrogen-bond acceptors (Lipinski definition) is 5. The third-order valence-electron chi connectivity index (χ3n) is 4.94. The minimum absolute atomic E-state index is 0.0791. The van der Waals surface area contributed by atoms with Crippen LogP contribution in [0.15, 0.2) is 79.1 Å². The van der Waals surface area contributed by atoms with E-state index in [-0.39, 0.29) is 5.91 Å². The molecule has 30 heavy (non-hydrogen) atoms. The van der Waals surface area contributed by atoms with Crippen LogP contribution >= 0.6 is 0 Å². The number of carbonyl (C=O) groups excluding carboxylic acids is 1. The molecule has 6 heteroatoms. The molecule has 1 N–H and O–H groups in total. The molecule has 0 fully saturated rings. The number of hydrogen-bond donors (Lipinski definition) is 1. The maximum atomic E-state index is 12.8. The monoisotopic (exact) mass is 398 g/mol. The Morgan fingerprint density at radius 2 is 1.80 bits per heavy atom. The minimum Gasteiger partial charge on any atom is -0.497 e. The molecule has 4 aromatic rings. The Morgan fingerprint density at radius 1 is 1.00 bits per heavy atom. The Hall–Kier alpha value is -3.93. The number of ether oxygens (including phenoxy) is 1. The lowest BCUT2D eigenvalue weighted by atomic mass is 10.1. The van der Waals surface area contributed by atoms with Crippen LogP contribution in [0.1, 0.15) is 15.9 Å². The normalized spacial score (nSPS) is 10.6. The summed E-state index contributed by atoms with van der Waals surface area (Å²) in [5.74, 6) is 1.43. The fourth-order valence-electron chi connectivity index (χ4n) is 3.25. The van der Waals surface area contributed by atoms with Gasteiger partial charge in [0.25, 0.3) is 5.91 Å². The summed E-state index contributed by atoms with van der Waals surface area (Å²) < 4.78 is 5.16. The van der Waals surface area contributed by atoms with Gasteiger partial charge in [0.15, 0.2) is 0 Å². The molecule has 0 saturated carbocycles. The van der Waals surface area contributed by atoms with E-state index in [1.165, 1.54) is 0 Å². The van der Waals surface area contributed by atoms with Gasteiger partial charge in [-0.25, -0.2) is 9.97 Å². The Balaban J connectivity index is 1.49. The molecule has 1 aromatic heterocycles. The number of fused-ring (bicyclic) bond motifs is 1. The largest absolute Gasteiger partial charge is 0.497 e. The first-order chi connectivity index (χ1) is 14.7. The fourth-order valence-corrected chi connectivity index (χ4v) is 3.25. The zero-order chi connectivity index (χ0) is 20.9. The first-order valence-electron chi connectivity index (χ1n) is 9.60. The summed E-state index contributed by atoms with van der Waals surface area (Å²) in [6.45, 7) is 0.583. The summed E-state index contributed by atoms with van der Waals surface area (Å²) >= 11 is 0. The molecule has 1 amide bonds. The number of nitrogens with one attached hydrogen (secondary N) is 1. The van der Waals surface area contributed by atoms with Crippen molar-refractivity contribution in [2.45, 2.75) is 6.54 Å². The van der Waals surface area contributed by atoms with Gasteiger partial charge in [0.1, 0.15) is 17.9 Å². The number of para-hydroxylation sites is 1. The molecule has 3 aromatic carbocycles. The highest BCUT2D eigenvalue weighted by molar-refractivity contribution is 6.05. The number of nitrogens with zero attached hydrogens (tertiary/aromatic N) is 3. The predicted octanol–water partition coefficient (Wildman–Crippen LogP) is 4.53. The average molecular weight is 398 g/mol. The second-order valence-electron chi connectivity index (χ2n) is 6.86.